The first-order valence-corrected chi connectivity index (χ1v) is 4.12. The van der Waals surface area contributed by atoms with E-state index in [1.165, 1.54) is 12.8 Å². The Bertz CT molecular complexity index is 168. The maximum absolute atomic E-state index is 5.66. The van der Waals surface area contributed by atoms with Crippen molar-refractivity contribution in [3.05, 3.63) is 0 Å². The first kappa shape index (κ1) is 12.0. The van der Waals surface area contributed by atoms with Gasteiger partial charge in [-0.25, -0.2) is 4.99 Å². The Morgan fingerprint density at radius 2 is 2.00 bits per heavy atom. The molecule has 2 unspecified atom stereocenters. The highest BCUT2D eigenvalue weighted by molar-refractivity contribution is 14.0. The van der Waals surface area contributed by atoms with Crippen LogP contribution in [0.3, 0.4) is 0 Å². The average molecular weight is 283 g/mol. The van der Waals surface area contributed by atoms with Crippen molar-refractivity contribution in [1.82, 2.24) is 4.90 Å². The Labute approximate surface area is 91.4 Å². The van der Waals surface area contributed by atoms with Crippen LogP contribution in [0, 0.1) is 5.92 Å². The molecule has 0 heterocycles. The number of rotatable bonds is 1. The van der Waals surface area contributed by atoms with Gasteiger partial charge in [0.25, 0.3) is 0 Å². The molecule has 0 bridgehead atoms. The predicted molar refractivity (Wildman–Crippen MR) is 62.9 cm³/mol. The lowest BCUT2D eigenvalue weighted by Crippen LogP contribution is -2.36. The van der Waals surface area contributed by atoms with Gasteiger partial charge in [0.1, 0.15) is 0 Å². The summed E-state index contributed by atoms with van der Waals surface area (Å²) >= 11 is 0. The molecule has 4 heteroatoms. The molecule has 1 aliphatic rings. The third-order valence-electron chi connectivity index (χ3n) is 2.33. The lowest BCUT2D eigenvalue weighted by atomic mass is 9.82. The molecule has 2 N–H and O–H groups in total. The van der Waals surface area contributed by atoms with E-state index in [2.05, 4.69) is 11.9 Å². The van der Waals surface area contributed by atoms with Gasteiger partial charge in [-0.15, -0.1) is 24.0 Å². The number of nitrogens with two attached hydrogens (primary N) is 1. The molecule has 0 aliphatic heterocycles. The molecule has 1 saturated carbocycles. The molecule has 0 aromatic heterocycles. The first-order chi connectivity index (χ1) is 5.11. The molecule has 0 amide bonds. The van der Waals surface area contributed by atoms with E-state index in [0.29, 0.717) is 12.0 Å². The zero-order valence-electron chi connectivity index (χ0n) is 7.95. The van der Waals surface area contributed by atoms with E-state index in [4.69, 9.17) is 5.73 Å². The molecular weight excluding hydrogens is 265 g/mol. The highest BCUT2D eigenvalue weighted by Gasteiger charge is 2.26. The second kappa shape index (κ2) is 4.89. The minimum absolute atomic E-state index is 0. The minimum atomic E-state index is 0. The van der Waals surface area contributed by atoms with E-state index >= 15 is 0 Å². The van der Waals surface area contributed by atoms with Crippen LogP contribution in [0.25, 0.3) is 0 Å². The normalized spacial score (nSPS) is 28.8. The molecular formula is C8H18IN3. The SMILES string of the molecule is CC1CCC1N=C(N)N(C)C.I. The van der Waals surface area contributed by atoms with Crippen LogP contribution in [-0.2, 0) is 0 Å². The van der Waals surface area contributed by atoms with Gasteiger partial charge < -0.3 is 10.6 Å². The summed E-state index contributed by atoms with van der Waals surface area (Å²) < 4.78 is 0. The van der Waals surface area contributed by atoms with E-state index in [1.54, 1.807) is 0 Å². The summed E-state index contributed by atoms with van der Waals surface area (Å²) in [5, 5.41) is 0. The zero-order chi connectivity index (χ0) is 8.43. The fraction of sp³-hybridized carbons (Fsp3) is 0.875. The van der Waals surface area contributed by atoms with Crippen molar-refractivity contribution in [3.8, 4) is 0 Å². The summed E-state index contributed by atoms with van der Waals surface area (Å²) in [6, 6.07) is 0.484. The summed E-state index contributed by atoms with van der Waals surface area (Å²) in [7, 11) is 3.84. The van der Waals surface area contributed by atoms with Crippen molar-refractivity contribution in [2.24, 2.45) is 16.6 Å². The molecule has 1 rings (SSSR count). The van der Waals surface area contributed by atoms with Crippen LogP contribution in [0.5, 0.6) is 0 Å². The Hall–Kier alpha value is 0. The van der Waals surface area contributed by atoms with Gasteiger partial charge in [0.15, 0.2) is 5.96 Å². The quantitative estimate of drug-likeness (QED) is 0.447. The third kappa shape index (κ3) is 2.80. The van der Waals surface area contributed by atoms with Crippen molar-refractivity contribution in [2.75, 3.05) is 14.1 Å². The number of aliphatic imine (C=N–C) groups is 1. The second-order valence-electron chi connectivity index (χ2n) is 3.50. The fourth-order valence-electron chi connectivity index (χ4n) is 1.13. The maximum Gasteiger partial charge on any atom is 0.191 e. The predicted octanol–water partition coefficient (Wildman–Crippen LogP) is 1.28. The van der Waals surface area contributed by atoms with Gasteiger partial charge in [-0.1, -0.05) is 6.92 Å². The molecule has 72 valence electrons. The van der Waals surface area contributed by atoms with Crippen LogP contribution in [0.4, 0.5) is 0 Å². The monoisotopic (exact) mass is 283 g/mol. The molecule has 2 atom stereocenters. The highest BCUT2D eigenvalue weighted by atomic mass is 127. The molecule has 12 heavy (non-hydrogen) atoms. The van der Waals surface area contributed by atoms with Crippen LogP contribution in [0.2, 0.25) is 0 Å². The fourth-order valence-corrected chi connectivity index (χ4v) is 1.13. The number of hydrogen-bond acceptors (Lipinski definition) is 1. The smallest absolute Gasteiger partial charge is 0.191 e. The van der Waals surface area contributed by atoms with Crippen LogP contribution in [-0.4, -0.2) is 31.0 Å². The average Bonchev–Trinajstić information content (AvgIpc) is 1.96. The van der Waals surface area contributed by atoms with Gasteiger partial charge in [0, 0.05) is 14.1 Å². The van der Waals surface area contributed by atoms with Gasteiger partial charge in [-0.05, 0) is 18.8 Å². The van der Waals surface area contributed by atoms with Crippen LogP contribution >= 0.6 is 24.0 Å². The topological polar surface area (TPSA) is 41.6 Å². The largest absolute Gasteiger partial charge is 0.370 e. The summed E-state index contributed by atoms with van der Waals surface area (Å²) in [5.74, 6) is 1.38. The van der Waals surface area contributed by atoms with E-state index < -0.39 is 0 Å². The van der Waals surface area contributed by atoms with Gasteiger partial charge in [0.2, 0.25) is 0 Å². The maximum atomic E-state index is 5.66. The van der Waals surface area contributed by atoms with Gasteiger partial charge in [-0.3, -0.25) is 0 Å². The van der Waals surface area contributed by atoms with E-state index in [0.717, 1.165) is 5.92 Å². The number of halogens is 1. The zero-order valence-corrected chi connectivity index (χ0v) is 10.3. The van der Waals surface area contributed by atoms with E-state index in [-0.39, 0.29) is 24.0 Å². The van der Waals surface area contributed by atoms with Crippen LogP contribution in [0.15, 0.2) is 4.99 Å². The molecule has 1 fully saturated rings. The van der Waals surface area contributed by atoms with Gasteiger partial charge >= 0.3 is 0 Å². The van der Waals surface area contributed by atoms with Gasteiger partial charge in [0.05, 0.1) is 6.04 Å². The Morgan fingerprint density at radius 1 is 1.42 bits per heavy atom. The minimum Gasteiger partial charge on any atom is -0.370 e. The molecule has 0 radical (unpaired) electrons. The molecule has 0 aromatic rings. The number of hydrogen-bond donors (Lipinski definition) is 1. The third-order valence-corrected chi connectivity index (χ3v) is 2.33. The first-order valence-electron chi connectivity index (χ1n) is 4.12. The van der Waals surface area contributed by atoms with Crippen LogP contribution in [0.1, 0.15) is 19.8 Å². The van der Waals surface area contributed by atoms with E-state index in [1.807, 2.05) is 19.0 Å². The number of guanidine groups is 1. The molecule has 0 aromatic carbocycles. The molecule has 0 saturated heterocycles. The van der Waals surface area contributed by atoms with Crippen molar-refractivity contribution < 1.29 is 0 Å². The number of nitrogens with zero attached hydrogens (tertiary/aromatic N) is 2. The Morgan fingerprint density at radius 3 is 2.25 bits per heavy atom. The van der Waals surface area contributed by atoms with Crippen molar-refractivity contribution in [3.63, 3.8) is 0 Å². The van der Waals surface area contributed by atoms with Gasteiger partial charge in [-0.2, -0.15) is 0 Å². The van der Waals surface area contributed by atoms with Crippen molar-refractivity contribution >= 4 is 29.9 Å². The lowest BCUT2D eigenvalue weighted by Gasteiger charge is -2.31. The summed E-state index contributed by atoms with van der Waals surface area (Å²) in [6.45, 7) is 2.22. The molecule has 3 nitrogen and oxygen atoms in total. The van der Waals surface area contributed by atoms with E-state index in [9.17, 15) is 0 Å². The Balaban J connectivity index is 0.00000121. The summed E-state index contributed by atoms with van der Waals surface area (Å²) in [6.07, 6.45) is 2.50. The second-order valence-corrected chi connectivity index (χ2v) is 3.50. The van der Waals surface area contributed by atoms with Crippen molar-refractivity contribution in [1.29, 1.82) is 0 Å². The summed E-state index contributed by atoms with van der Waals surface area (Å²) in [5.41, 5.74) is 5.66. The van der Waals surface area contributed by atoms with Crippen LogP contribution < -0.4 is 5.73 Å². The summed E-state index contributed by atoms with van der Waals surface area (Å²) in [4.78, 5) is 6.24. The molecule has 1 aliphatic carbocycles. The lowest BCUT2D eigenvalue weighted by molar-refractivity contribution is 0.281. The highest BCUT2D eigenvalue weighted by Crippen LogP contribution is 2.29. The standard InChI is InChI=1S/C8H17N3.HI/c1-6-4-5-7(6)10-8(9)11(2)3;/h6-7H,4-5H2,1-3H3,(H2,9,10);1H. The molecule has 0 spiro atoms. The Kier molecular flexibility index (Phi) is 4.89. The van der Waals surface area contributed by atoms with Crippen molar-refractivity contribution in [2.45, 2.75) is 25.8 Å².